The number of nitrogen functional groups attached to an aromatic ring is 1. The second kappa shape index (κ2) is 6.37. The summed E-state index contributed by atoms with van der Waals surface area (Å²) in [7, 11) is 3.41. The Kier molecular flexibility index (Phi) is 4.75. The fourth-order valence-electron chi connectivity index (χ4n) is 1.80. The largest absolute Gasteiger partial charge is 0.397 e. The predicted octanol–water partition coefficient (Wildman–Crippen LogP) is 4.13. The second-order valence-electron chi connectivity index (χ2n) is 4.75. The minimum Gasteiger partial charge on any atom is -0.397 e. The van der Waals surface area contributed by atoms with Gasteiger partial charge in [-0.05, 0) is 52.3 Å². The molecule has 0 atom stereocenters. The molecule has 2 rings (SSSR count). The van der Waals surface area contributed by atoms with E-state index in [1.165, 1.54) is 4.90 Å². The van der Waals surface area contributed by atoms with E-state index in [1.807, 2.05) is 6.07 Å². The van der Waals surface area contributed by atoms with Gasteiger partial charge in [-0.2, -0.15) is 0 Å². The van der Waals surface area contributed by atoms with Crippen molar-refractivity contribution in [3.8, 4) is 0 Å². The number of benzene rings is 2. The standard InChI is InChI=1S/C15H15BrClN3O/c1-20(2)15(21)9-3-5-14(12(18)7-9)19-13-6-4-10(17)8-11(13)16/h3-8,19H,18H2,1-2H3. The summed E-state index contributed by atoms with van der Waals surface area (Å²) in [5.41, 5.74) is 8.65. The highest BCUT2D eigenvalue weighted by atomic mass is 79.9. The van der Waals surface area contributed by atoms with E-state index in [9.17, 15) is 4.79 Å². The van der Waals surface area contributed by atoms with Crippen LogP contribution in [-0.4, -0.2) is 24.9 Å². The molecule has 2 aromatic carbocycles. The van der Waals surface area contributed by atoms with E-state index in [2.05, 4.69) is 21.2 Å². The summed E-state index contributed by atoms with van der Waals surface area (Å²) >= 11 is 9.35. The Hall–Kier alpha value is -1.72. The molecule has 0 aliphatic rings. The first-order chi connectivity index (χ1) is 9.88. The number of rotatable bonds is 3. The molecule has 0 radical (unpaired) electrons. The van der Waals surface area contributed by atoms with Gasteiger partial charge in [-0.25, -0.2) is 0 Å². The van der Waals surface area contributed by atoms with E-state index >= 15 is 0 Å². The highest BCUT2D eigenvalue weighted by Crippen LogP contribution is 2.31. The van der Waals surface area contributed by atoms with Crippen LogP contribution in [0.25, 0.3) is 0 Å². The molecule has 0 aromatic heterocycles. The van der Waals surface area contributed by atoms with Crippen molar-refractivity contribution < 1.29 is 4.79 Å². The summed E-state index contributed by atoms with van der Waals surface area (Å²) < 4.78 is 0.836. The van der Waals surface area contributed by atoms with Gasteiger partial charge in [0.1, 0.15) is 0 Å². The van der Waals surface area contributed by atoms with Gasteiger partial charge in [0.25, 0.3) is 5.91 Å². The van der Waals surface area contributed by atoms with Crippen molar-refractivity contribution in [3.05, 3.63) is 51.5 Å². The topological polar surface area (TPSA) is 58.4 Å². The first-order valence-electron chi connectivity index (χ1n) is 6.21. The third-order valence-electron chi connectivity index (χ3n) is 2.91. The van der Waals surface area contributed by atoms with Gasteiger partial charge in [0.05, 0.1) is 17.1 Å². The maximum Gasteiger partial charge on any atom is 0.253 e. The minimum absolute atomic E-state index is 0.0825. The van der Waals surface area contributed by atoms with E-state index in [0.29, 0.717) is 16.3 Å². The molecule has 0 bridgehead atoms. The van der Waals surface area contributed by atoms with Crippen molar-refractivity contribution in [1.29, 1.82) is 0 Å². The lowest BCUT2D eigenvalue weighted by atomic mass is 10.1. The summed E-state index contributed by atoms with van der Waals surface area (Å²) in [5, 5.41) is 3.85. The summed E-state index contributed by atoms with van der Waals surface area (Å²) in [4.78, 5) is 13.4. The average Bonchev–Trinajstić information content (AvgIpc) is 2.42. The van der Waals surface area contributed by atoms with E-state index < -0.39 is 0 Å². The van der Waals surface area contributed by atoms with Gasteiger partial charge in [0, 0.05) is 29.2 Å². The Morgan fingerprint density at radius 2 is 1.86 bits per heavy atom. The SMILES string of the molecule is CN(C)C(=O)c1ccc(Nc2ccc(Cl)cc2Br)c(N)c1. The van der Waals surface area contributed by atoms with Crippen molar-refractivity contribution in [2.45, 2.75) is 0 Å². The molecule has 0 fully saturated rings. The molecule has 0 aliphatic heterocycles. The molecule has 3 N–H and O–H groups in total. The predicted molar refractivity (Wildman–Crippen MR) is 91.3 cm³/mol. The number of nitrogens with two attached hydrogens (primary N) is 1. The smallest absolute Gasteiger partial charge is 0.253 e. The highest BCUT2D eigenvalue weighted by molar-refractivity contribution is 9.10. The molecule has 0 saturated carbocycles. The lowest BCUT2D eigenvalue weighted by molar-refractivity contribution is 0.0827. The van der Waals surface area contributed by atoms with E-state index in [4.69, 9.17) is 17.3 Å². The molecule has 0 saturated heterocycles. The van der Waals surface area contributed by atoms with E-state index in [1.54, 1.807) is 44.4 Å². The van der Waals surface area contributed by atoms with Crippen LogP contribution < -0.4 is 11.1 Å². The van der Waals surface area contributed by atoms with Crippen molar-refractivity contribution in [2.75, 3.05) is 25.1 Å². The summed E-state index contributed by atoms with van der Waals surface area (Å²) in [6.45, 7) is 0. The zero-order valence-corrected chi connectivity index (χ0v) is 14.0. The molecule has 2 aromatic rings. The number of nitrogens with one attached hydrogen (secondary N) is 1. The normalized spacial score (nSPS) is 10.3. The van der Waals surface area contributed by atoms with Crippen LogP contribution in [-0.2, 0) is 0 Å². The van der Waals surface area contributed by atoms with E-state index in [0.717, 1.165) is 15.8 Å². The van der Waals surface area contributed by atoms with Gasteiger partial charge >= 0.3 is 0 Å². The molecule has 0 aliphatic carbocycles. The van der Waals surface area contributed by atoms with Crippen molar-refractivity contribution >= 4 is 50.5 Å². The molecular formula is C15H15BrClN3O. The lowest BCUT2D eigenvalue weighted by Crippen LogP contribution is -2.21. The molecule has 0 unspecified atom stereocenters. The Morgan fingerprint density at radius 1 is 1.19 bits per heavy atom. The van der Waals surface area contributed by atoms with Crippen LogP contribution in [0.2, 0.25) is 5.02 Å². The molecule has 6 heteroatoms. The lowest BCUT2D eigenvalue weighted by Gasteiger charge is -2.14. The third-order valence-corrected chi connectivity index (χ3v) is 3.80. The monoisotopic (exact) mass is 367 g/mol. The quantitative estimate of drug-likeness (QED) is 0.801. The number of anilines is 3. The molecule has 1 amide bonds. The Bertz CT molecular complexity index is 689. The van der Waals surface area contributed by atoms with Crippen molar-refractivity contribution in [2.24, 2.45) is 0 Å². The van der Waals surface area contributed by atoms with Crippen LogP contribution in [0.4, 0.5) is 17.1 Å². The van der Waals surface area contributed by atoms with Crippen LogP contribution in [0.3, 0.4) is 0 Å². The fraction of sp³-hybridized carbons (Fsp3) is 0.133. The van der Waals surface area contributed by atoms with Gasteiger partial charge in [-0.15, -0.1) is 0 Å². The third kappa shape index (κ3) is 3.68. The molecule has 4 nitrogen and oxygen atoms in total. The molecule has 0 spiro atoms. The zero-order valence-electron chi connectivity index (χ0n) is 11.7. The van der Waals surface area contributed by atoms with Crippen LogP contribution in [0.5, 0.6) is 0 Å². The maximum absolute atomic E-state index is 11.9. The van der Waals surface area contributed by atoms with Gasteiger partial charge in [-0.3, -0.25) is 4.79 Å². The second-order valence-corrected chi connectivity index (χ2v) is 6.04. The van der Waals surface area contributed by atoms with Crippen molar-refractivity contribution in [1.82, 2.24) is 4.90 Å². The van der Waals surface area contributed by atoms with Crippen LogP contribution >= 0.6 is 27.5 Å². The van der Waals surface area contributed by atoms with Crippen LogP contribution in [0.1, 0.15) is 10.4 Å². The molecule has 0 heterocycles. The van der Waals surface area contributed by atoms with Gasteiger partial charge in [0.2, 0.25) is 0 Å². The number of carbonyl (C=O) groups excluding carboxylic acids is 1. The molecule has 21 heavy (non-hydrogen) atoms. The van der Waals surface area contributed by atoms with Gasteiger partial charge in [-0.1, -0.05) is 11.6 Å². The number of nitrogens with zero attached hydrogens (tertiary/aromatic N) is 1. The maximum atomic E-state index is 11.9. The summed E-state index contributed by atoms with van der Waals surface area (Å²) in [6.07, 6.45) is 0. The highest BCUT2D eigenvalue weighted by Gasteiger charge is 2.10. The van der Waals surface area contributed by atoms with E-state index in [-0.39, 0.29) is 5.91 Å². The van der Waals surface area contributed by atoms with Gasteiger partial charge < -0.3 is 16.0 Å². The van der Waals surface area contributed by atoms with Crippen LogP contribution in [0.15, 0.2) is 40.9 Å². The van der Waals surface area contributed by atoms with Crippen molar-refractivity contribution in [3.63, 3.8) is 0 Å². The number of amides is 1. The summed E-state index contributed by atoms with van der Waals surface area (Å²) in [6, 6.07) is 10.6. The first kappa shape index (κ1) is 15.7. The van der Waals surface area contributed by atoms with Crippen LogP contribution in [0, 0.1) is 0 Å². The molecule has 110 valence electrons. The number of hydrogen-bond acceptors (Lipinski definition) is 3. The minimum atomic E-state index is -0.0825. The molecular weight excluding hydrogens is 354 g/mol. The number of hydrogen-bond donors (Lipinski definition) is 2. The Balaban J connectivity index is 2.27. The fourth-order valence-corrected chi connectivity index (χ4v) is 2.59. The zero-order chi connectivity index (χ0) is 15.6. The Morgan fingerprint density at radius 3 is 2.43 bits per heavy atom. The van der Waals surface area contributed by atoms with Gasteiger partial charge in [0.15, 0.2) is 0 Å². The summed E-state index contributed by atoms with van der Waals surface area (Å²) in [5.74, 6) is -0.0825. The Labute approximate surface area is 137 Å². The number of halogens is 2. The number of carbonyl (C=O) groups is 1. The average molecular weight is 369 g/mol. The first-order valence-corrected chi connectivity index (χ1v) is 7.39.